The second-order valence-electron chi connectivity index (χ2n) is 0.387. The van der Waals surface area contributed by atoms with Crippen LogP contribution in [0.3, 0.4) is 0 Å². The van der Waals surface area contributed by atoms with Gasteiger partial charge in [-0.25, -0.2) is 0 Å². The minimum Gasteiger partial charge on any atom is -0.462 e. The van der Waals surface area contributed by atoms with Gasteiger partial charge in [-0.1, -0.05) is 0 Å². The maximum atomic E-state index is 6.02. The molecule has 0 spiro atoms. The average Bonchev–Trinajstić information content (AvgIpc) is 1.37. The fraction of sp³-hybridized carbons (Fsp3) is 0.333. The van der Waals surface area contributed by atoms with Gasteiger partial charge in [0.15, 0.2) is 0 Å². The van der Waals surface area contributed by atoms with Gasteiger partial charge in [0, 0.05) is 0 Å². The first kappa shape index (κ1) is 8.90. The molecule has 0 aromatic rings. The van der Waals surface area contributed by atoms with Gasteiger partial charge in [-0.05, 0) is 6.54 Å². The molecule has 0 radical (unpaired) electrons. The average molecular weight is 238 g/mol. The Balaban J connectivity index is 0. The summed E-state index contributed by atoms with van der Waals surface area (Å²) in [6.07, 6.45) is 0. The Morgan fingerprint density at radius 1 is 1.80 bits per heavy atom. The maximum absolute atomic E-state index is 6.02. The molecular formula is C3H4NW+. The van der Waals surface area contributed by atoms with Crippen LogP contribution in [0, 0.1) is 13.1 Å². The summed E-state index contributed by atoms with van der Waals surface area (Å²) in [4.78, 5) is 2.86. The van der Waals surface area contributed by atoms with Gasteiger partial charge in [-0.3, -0.25) is 6.57 Å². The first-order valence-electron chi connectivity index (χ1n) is 1.06. The third-order valence-corrected chi connectivity index (χ3v) is 0.129. The molecule has 2 heteroatoms. The van der Waals surface area contributed by atoms with Crippen molar-refractivity contribution in [1.29, 1.82) is 0 Å². The van der Waals surface area contributed by atoms with E-state index in [2.05, 4.69) is 4.85 Å². The van der Waals surface area contributed by atoms with Gasteiger partial charge < -0.3 is 4.85 Å². The topological polar surface area (TPSA) is 4.36 Å². The molecule has 5 heavy (non-hydrogen) atoms. The zero-order valence-corrected chi connectivity index (χ0v) is 5.87. The summed E-state index contributed by atoms with van der Waals surface area (Å²) in [7, 11) is 0. The Morgan fingerprint density at radius 2 is 2.00 bits per heavy atom. The Kier molecular flexibility index (Phi) is 16.0. The van der Waals surface area contributed by atoms with E-state index >= 15 is 0 Å². The number of hydrogen-bond donors (Lipinski definition) is 0. The molecule has 0 N–H and O–H groups in total. The molecule has 0 fully saturated rings. The second-order valence-corrected chi connectivity index (χ2v) is 0.387. The Hall–Kier alpha value is 0.0483. The fourth-order valence-corrected chi connectivity index (χ4v) is 0. The van der Waals surface area contributed by atoms with E-state index in [0.717, 1.165) is 0 Å². The molecule has 26 valence electrons. The van der Waals surface area contributed by atoms with Crippen LogP contribution >= 0.6 is 0 Å². The minimum absolute atomic E-state index is 0. The second kappa shape index (κ2) is 8.97. The van der Waals surface area contributed by atoms with Crippen molar-refractivity contribution in [2.45, 2.75) is 6.92 Å². The molecule has 0 aliphatic rings. The predicted molar refractivity (Wildman–Crippen MR) is 16.6 cm³/mol. The molecule has 0 amide bonds. The Bertz CT molecular complexity index is 36.6. The molecule has 0 aromatic carbocycles. The van der Waals surface area contributed by atoms with Crippen LogP contribution in [0.5, 0.6) is 0 Å². The zero-order chi connectivity index (χ0) is 3.41. The van der Waals surface area contributed by atoms with Gasteiger partial charge in [0.05, 0.1) is 0 Å². The molecule has 0 saturated carbocycles. The van der Waals surface area contributed by atoms with Crippen molar-refractivity contribution in [2.75, 3.05) is 0 Å². The standard InChI is InChI=1S/C3H4N.W/c1-3-4-2;/h3H,1H3;/q-1;+2. The number of rotatable bonds is 0. The minimum atomic E-state index is 0. The molecule has 0 rings (SSSR count). The van der Waals surface area contributed by atoms with Crippen molar-refractivity contribution in [3.63, 3.8) is 0 Å². The van der Waals surface area contributed by atoms with Crippen LogP contribution in [0.15, 0.2) is 0 Å². The van der Waals surface area contributed by atoms with Gasteiger partial charge in [-0.15, -0.1) is 6.92 Å². The molecular weight excluding hydrogens is 234 g/mol. The third kappa shape index (κ3) is 15.5. The van der Waals surface area contributed by atoms with Crippen LogP contribution in [0.2, 0.25) is 0 Å². The molecule has 0 aliphatic heterocycles. The van der Waals surface area contributed by atoms with Gasteiger partial charge in [0.1, 0.15) is 0 Å². The molecule has 0 atom stereocenters. The third-order valence-electron chi connectivity index (χ3n) is 0.129. The van der Waals surface area contributed by atoms with E-state index in [1.165, 1.54) is 6.54 Å². The van der Waals surface area contributed by atoms with E-state index in [1.807, 2.05) is 0 Å². The summed E-state index contributed by atoms with van der Waals surface area (Å²) in [5, 5.41) is 0. The summed E-state index contributed by atoms with van der Waals surface area (Å²) in [6.45, 7) is 9.14. The summed E-state index contributed by atoms with van der Waals surface area (Å²) in [6, 6.07) is 0. The SMILES string of the molecule is [C-]#[N+][CH-]C.[W+2]. The summed E-state index contributed by atoms with van der Waals surface area (Å²) in [5.74, 6) is 0. The van der Waals surface area contributed by atoms with Crippen molar-refractivity contribution in [3.8, 4) is 0 Å². The predicted octanol–water partition coefficient (Wildman–Crippen LogP) is 1.08. The van der Waals surface area contributed by atoms with Crippen LogP contribution in [0.1, 0.15) is 6.92 Å². The van der Waals surface area contributed by atoms with Crippen molar-refractivity contribution in [1.82, 2.24) is 0 Å². The molecule has 0 aliphatic carbocycles. The van der Waals surface area contributed by atoms with E-state index < -0.39 is 0 Å². The van der Waals surface area contributed by atoms with Crippen LogP contribution in [-0.2, 0) is 21.1 Å². The van der Waals surface area contributed by atoms with Crippen molar-refractivity contribution in [2.24, 2.45) is 0 Å². The Labute approximate surface area is 46.5 Å². The molecule has 1 nitrogen and oxygen atoms in total. The molecule has 0 aromatic heterocycles. The Morgan fingerprint density at radius 3 is 2.00 bits per heavy atom. The molecule has 0 bridgehead atoms. The van der Waals surface area contributed by atoms with Gasteiger partial charge >= 0.3 is 21.1 Å². The largest absolute Gasteiger partial charge is 2.00 e. The summed E-state index contributed by atoms with van der Waals surface area (Å²) >= 11 is 0. The monoisotopic (exact) mass is 238 g/mol. The number of nitrogens with zero attached hydrogens (tertiary/aromatic N) is 1. The van der Waals surface area contributed by atoms with Crippen molar-refractivity contribution < 1.29 is 21.1 Å². The van der Waals surface area contributed by atoms with E-state index in [9.17, 15) is 0 Å². The van der Waals surface area contributed by atoms with Gasteiger partial charge in [-0.2, -0.15) is 0 Å². The van der Waals surface area contributed by atoms with Crippen LogP contribution in [0.4, 0.5) is 0 Å². The van der Waals surface area contributed by atoms with E-state index in [1.54, 1.807) is 6.92 Å². The van der Waals surface area contributed by atoms with Crippen molar-refractivity contribution in [3.05, 3.63) is 18.0 Å². The van der Waals surface area contributed by atoms with E-state index in [0.29, 0.717) is 0 Å². The van der Waals surface area contributed by atoms with Gasteiger partial charge in [0.2, 0.25) is 0 Å². The first-order valence-corrected chi connectivity index (χ1v) is 1.06. The normalized spacial score (nSPS) is 3.20. The molecule has 0 heterocycles. The van der Waals surface area contributed by atoms with Crippen LogP contribution < -0.4 is 0 Å². The van der Waals surface area contributed by atoms with Crippen molar-refractivity contribution >= 4 is 0 Å². The van der Waals surface area contributed by atoms with Gasteiger partial charge in [0.25, 0.3) is 0 Å². The summed E-state index contributed by atoms with van der Waals surface area (Å²) < 4.78 is 0. The zero-order valence-electron chi connectivity index (χ0n) is 2.93. The smallest absolute Gasteiger partial charge is 0.462 e. The fourth-order valence-electron chi connectivity index (χ4n) is 0. The van der Waals surface area contributed by atoms with E-state index in [4.69, 9.17) is 6.57 Å². The van der Waals surface area contributed by atoms with Crippen LogP contribution in [-0.4, -0.2) is 0 Å². The molecule has 0 saturated heterocycles. The number of hydrogen-bond acceptors (Lipinski definition) is 0. The van der Waals surface area contributed by atoms with E-state index in [-0.39, 0.29) is 21.1 Å². The quantitative estimate of drug-likeness (QED) is 0.556. The molecule has 0 unspecified atom stereocenters. The first-order chi connectivity index (χ1) is 1.91. The van der Waals surface area contributed by atoms with Crippen LogP contribution in [0.25, 0.3) is 4.85 Å². The summed E-state index contributed by atoms with van der Waals surface area (Å²) in [5.41, 5.74) is 0. The maximum Gasteiger partial charge on any atom is 2.00 e.